The van der Waals surface area contributed by atoms with Crippen molar-refractivity contribution in [3.05, 3.63) is 119 Å². The number of carbonyl (C=O) groups is 1. The van der Waals surface area contributed by atoms with E-state index in [0.717, 1.165) is 37.2 Å². The number of benzene rings is 3. The maximum Gasteiger partial charge on any atom is 0.246 e. The number of halogens is 1. The topological polar surface area (TPSA) is 75.1 Å². The van der Waals surface area contributed by atoms with Crippen molar-refractivity contribution < 1.29 is 23.8 Å². The minimum Gasteiger partial charge on any atom is -0.506 e. The first-order chi connectivity index (χ1) is 20.4. The van der Waals surface area contributed by atoms with Crippen LogP contribution in [0.3, 0.4) is 0 Å². The predicted molar refractivity (Wildman–Crippen MR) is 160 cm³/mol. The Kier molecular flexibility index (Phi) is 9.46. The molecule has 0 saturated carbocycles. The number of aryl methyl sites for hydroxylation is 1. The normalized spacial score (nSPS) is 13.8. The fourth-order valence-corrected chi connectivity index (χ4v) is 4.73. The van der Waals surface area contributed by atoms with E-state index in [-0.39, 0.29) is 17.5 Å². The van der Waals surface area contributed by atoms with Crippen LogP contribution < -0.4 is 9.47 Å². The van der Waals surface area contributed by atoms with Gasteiger partial charge in [-0.3, -0.25) is 9.69 Å². The van der Waals surface area contributed by atoms with Gasteiger partial charge in [-0.1, -0.05) is 30.3 Å². The minimum atomic E-state index is -0.269. The summed E-state index contributed by atoms with van der Waals surface area (Å²) in [5.74, 6) is 1.52. The van der Waals surface area contributed by atoms with E-state index in [2.05, 4.69) is 34.1 Å². The summed E-state index contributed by atoms with van der Waals surface area (Å²) in [5.41, 5.74) is 4.35. The molecule has 3 aromatic carbocycles. The molecule has 7 nitrogen and oxygen atoms in total. The second kappa shape index (κ2) is 13.8. The van der Waals surface area contributed by atoms with Gasteiger partial charge in [-0.25, -0.2) is 9.37 Å². The van der Waals surface area contributed by atoms with Crippen molar-refractivity contribution in [2.45, 2.75) is 19.9 Å². The molecule has 5 rings (SSSR count). The lowest BCUT2D eigenvalue weighted by Crippen LogP contribution is -2.47. The van der Waals surface area contributed by atoms with Crippen molar-refractivity contribution in [2.75, 3.05) is 32.8 Å². The maximum absolute atomic E-state index is 13.0. The Bertz CT molecular complexity index is 1500. The highest BCUT2D eigenvalue weighted by Gasteiger charge is 2.19. The van der Waals surface area contributed by atoms with Gasteiger partial charge < -0.3 is 19.5 Å². The Balaban J connectivity index is 1.04. The molecular formula is C34H34FN3O4. The van der Waals surface area contributed by atoms with E-state index in [1.807, 2.05) is 36.1 Å². The van der Waals surface area contributed by atoms with E-state index in [1.165, 1.54) is 35.5 Å². The third-order valence-corrected chi connectivity index (χ3v) is 7.18. The number of nitrogens with zero attached hydrogens (tertiary/aromatic N) is 3. The van der Waals surface area contributed by atoms with Crippen molar-refractivity contribution >= 4 is 12.0 Å². The zero-order valence-electron chi connectivity index (χ0n) is 23.6. The standard InChI is InChI=1S/C34H34FN3O4/c1-25-22-32(42-33-14-10-30(39)23-36-33)11-6-28(25)7-15-34(40)38-19-17-37(18-20-38)24-27-4-2-26(3-5-27)16-21-41-31-12-8-29(35)9-13-31/h2-15,22-23,39H,16-21,24H2,1H3/b15-7+. The van der Waals surface area contributed by atoms with Crippen molar-refractivity contribution in [3.63, 3.8) is 0 Å². The average Bonchev–Trinajstić information content (AvgIpc) is 3.00. The number of aromatic hydroxyl groups is 1. The number of hydrogen-bond acceptors (Lipinski definition) is 6. The first-order valence-corrected chi connectivity index (χ1v) is 14.0. The van der Waals surface area contributed by atoms with Crippen LogP contribution in [0.2, 0.25) is 0 Å². The van der Waals surface area contributed by atoms with Crippen LogP contribution in [0.4, 0.5) is 4.39 Å². The molecular weight excluding hydrogens is 533 g/mol. The molecule has 42 heavy (non-hydrogen) atoms. The number of piperazine rings is 1. The van der Waals surface area contributed by atoms with Gasteiger partial charge in [-0.15, -0.1) is 0 Å². The van der Waals surface area contributed by atoms with Crippen LogP contribution in [0.5, 0.6) is 23.1 Å². The quantitative estimate of drug-likeness (QED) is 0.237. The van der Waals surface area contributed by atoms with E-state index in [0.29, 0.717) is 37.1 Å². The van der Waals surface area contributed by atoms with Gasteiger partial charge in [0.1, 0.15) is 23.1 Å². The molecule has 0 atom stereocenters. The van der Waals surface area contributed by atoms with E-state index >= 15 is 0 Å². The summed E-state index contributed by atoms with van der Waals surface area (Å²) in [4.78, 5) is 21.1. The summed E-state index contributed by atoms with van der Waals surface area (Å²) in [5, 5.41) is 9.37. The molecule has 0 aliphatic carbocycles. The Labute approximate surface area is 245 Å². The van der Waals surface area contributed by atoms with Gasteiger partial charge in [-0.2, -0.15) is 0 Å². The highest BCUT2D eigenvalue weighted by atomic mass is 19.1. The number of rotatable bonds is 10. The van der Waals surface area contributed by atoms with Gasteiger partial charge in [0.15, 0.2) is 0 Å². The number of hydrogen-bond donors (Lipinski definition) is 1. The van der Waals surface area contributed by atoms with Crippen molar-refractivity contribution in [3.8, 4) is 23.1 Å². The first kappa shape index (κ1) is 28.8. The monoisotopic (exact) mass is 567 g/mol. The molecule has 1 fully saturated rings. The molecule has 0 bridgehead atoms. The van der Waals surface area contributed by atoms with Crippen LogP contribution in [-0.2, 0) is 17.8 Å². The van der Waals surface area contributed by atoms with Crippen LogP contribution in [-0.4, -0.2) is 58.6 Å². The van der Waals surface area contributed by atoms with Gasteiger partial charge >= 0.3 is 0 Å². The molecule has 1 aliphatic heterocycles. The second-order valence-corrected chi connectivity index (χ2v) is 10.3. The van der Waals surface area contributed by atoms with Gasteiger partial charge in [0, 0.05) is 51.3 Å². The second-order valence-electron chi connectivity index (χ2n) is 10.3. The number of aromatic nitrogens is 1. The molecule has 8 heteroatoms. The summed E-state index contributed by atoms with van der Waals surface area (Å²) in [6, 6.07) is 23.4. The highest BCUT2D eigenvalue weighted by molar-refractivity contribution is 5.92. The number of ether oxygens (including phenoxy) is 2. The maximum atomic E-state index is 13.0. The van der Waals surface area contributed by atoms with Gasteiger partial charge in [-0.05, 0) is 77.7 Å². The van der Waals surface area contributed by atoms with Crippen molar-refractivity contribution in [2.24, 2.45) is 0 Å². The van der Waals surface area contributed by atoms with E-state index < -0.39 is 0 Å². The Morgan fingerprint density at radius 2 is 1.64 bits per heavy atom. The Morgan fingerprint density at radius 1 is 0.929 bits per heavy atom. The molecule has 1 N–H and O–H groups in total. The average molecular weight is 568 g/mol. The van der Waals surface area contributed by atoms with Crippen molar-refractivity contribution in [1.29, 1.82) is 0 Å². The van der Waals surface area contributed by atoms with E-state index in [1.54, 1.807) is 24.3 Å². The van der Waals surface area contributed by atoms with Crippen LogP contribution in [0.25, 0.3) is 6.08 Å². The van der Waals surface area contributed by atoms with Crippen LogP contribution >= 0.6 is 0 Å². The number of pyridine rings is 1. The number of carbonyl (C=O) groups excluding carboxylic acids is 1. The number of amides is 1. The lowest BCUT2D eigenvalue weighted by molar-refractivity contribution is -0.127. The molecule has 4 aromatic rings. The zero-order valence-corrected chi connectivity index (χ0v) is 23.6. The van der Waals surface area contributed by atoms with Crippen molar-refractivity contribution in [1.82, 2.24) is 14.8 Å². The molecule has 1 saturated heterocycles. The van der Waals surface area contributed by atoms with Crippen LogP contribution in [0, 0.1) is 12.7 Å². The molecule has 216 valence electrons. The molecule has 0 radical (unpaired) electrons. The molecule has 1 aromatic heterocycles. The fourth-order valence-electron chi connectivity index (χ4n) is 4.73. The van der Waals surface area contributed by atoms with Gasteiger partial charge in [0.25, 0.3) is 0 Å². The molecule has 0 spiro atoms. The highest BCUT2D eigenvalue weighted by Crippen LogP contribution is 2.24. The first-order valence-electron chi connectivity index (χ1n) is 14.0. The van der Waals surface area contributed by atoms with Crippen LogP contribution in [0.1, 0.15) is 22.3 Å². The molecule has 2 heterocycles. The molecule has 1 aliphatic rings. The van der Waals surface area contributed by atoms with Gasteiger partial charge in [0.05, 0.1) is 12.8 Å². The van der Waals surface area contributed by atoms with E-state index in [9.17, 15) is 14.3 Å². The predicted octanol–water partition coefficient (Wildman–Crippen LogP) is 6.01. The fraction of sp³-hybridized carbons (Fsp3) is 0.235. The lowest BCUT2D eigenvalue weighted by Gasteiger charge is -2.34. The SMILES string of the molecule is Cc1cc(Oc2ccc(O)cn2)ccc1/C=C/C(=O)N1CCN(Cc2ccc(CCOc3ccc(F)cc3)cc2)CC1. The largest absolute Gasteiger partial charge is 0.506 e. The summed E-state index contributed by atoms with van der Waals surface area (Å²) < 4.78 is 24.5. The Hall–Kier alpha value is -4.69. The summed E-state index contributed by atoms with van der Waals surface area (Å²) in [6.07, 6.45) is 5.60. The van der Waals surface area contributed by atoms with Crippen LogP contribution in [0.15, 0.2) is 91.1 Å². The lowest BCUT2D eigenvalue weighted by atomic mass is 10.1. The third-order valence-electron chi connectivity index (χ3n) is 7.18. The molecule has 0 unspecified atom stereocenters. The smallest absolute Gasteiger partial charge is 0.246 e. The zero-order chi connectivity index (χ0) is 29.3. The molecule has 1 amide bonds. The van der Waals surface area contributed by atoms with E-state index in [4.69, 9.17) is 9.47 Å². The summed E-state index contributed by atoms with van der Waals surface area (Å²) in [6.45, 7) is 6.37. The minimum absolute atomic E-state index is 0.00915. The summed E-state index contributed by atoms with van der Waals surface area (Å²) >= 11 is 0. The Morgan fingerprint density at radius 3 is 2.33 bits per heavy atom. The summed E-state index contributed by atoms with van der Waals surface area (Å²) in [7, 11) is 0. The third kappa shape index (κ3) is 8.17. The van der Waals surface area contributed by atoms with Gasteiger partial charge in [0.2, 0.25) is 11.8 Å².